The zero-order chi connectivity index (χ0) is 39.4. The monoisotopic (exact) mass is 753 g/mol. The average Bonchev–Trinajstić information content (AvgIpc) is 3.17. The molecule has 0 aromatic heterocycles. The van der Waals surface area contributed by atoms with E-state index in [0.717, 1.165) is 89.9 Å². The minimum absolute atomic E-state index is 0.0997. The maximum atomic E-state index is 12.6. The van der Waals surface area contributed by atoms with Gasteiger partial charge >= 0.3 is 17.9 Å². The SMILES string of the molecule is CC/C=C\C/C=C\C/C=C\CCCCCCCCC(=O)OCC(COC(=O)CCCCCCCCCCC)OC(=O)CCC/C=C\C/C=C\C/C=C\CC. The number of carbonyl (C=O) groups excluding carboxylic acids is 3. The number of hydrogen-bond acceptors (Lipinski definition) is 6. The van der Waals surface area contributed by atoms with Crippen molar-refractivity contribution in [1.29, 1.82) is 0 Å². The van der Waals surface area contributed by atoms with E-state index in [9.17, 15) is 14.4 Å². The van der Waals surface area contributed by atoms with E-state index >= 15 is 0 Å². The summed E-state index contributed by atoms with van der Waals surface area (Å²) < 4.78 is 16.6. The van der Waals surface area contributed by atoms with Gasteiger partial charge in [-0.1, -0.05) is 171 Å². The fraction of sp³-hybridized carbons (Fsp3) is 0.688. The van der Waals surface area contributed by atoms with Gasteiger partial charge in [-0.2, -0.15) is 0 Å². The molecule has 6 nitrogen and oxygen atoms in total. The highest BCUT2D eigenvalue weighted by Gasteiger charge is 2.19. The fourth-order valence-corrected chi connectivity index (χ4v) is 5.71. The summed E-state index contributed by atoms with van der Waals surface area (Å²) in [7, 11) is 0. The minimum atomic E-state index is -0.802. The van der Waals surface area contributed by atoms with Crippen LogP contribution in [-0.4, -0.2) is 37.2 Å². The molecule has 6 heteroatoms. The molecule has 0 aromatic rings. The first-order chi connectivity index (χ1) is 26.5. The third-order valence-corrected chi connectivity index (χ3v) is 8.96. The molecule has 0 fully saturated rings. The van der Waals surface area contributed by atoms with Gasteiger partial charge in [0.2, 0.25) is 0 Å². The number of hydrogen-bond donors (Lipinski definition) is 0. The van der Waals surface area contributed by atoms with Crippen molar-refractivity contribution >= 4 is 17.9 Å². The minimum Gasteiger partial charge on any atom is -0.462 e. The topological polar surface area (TPSA) is 78.9 Å². The van der Waals surface area contributed by atoms with Gasteiger partial charge in [0.05, 0.1) is 0 Å². The van der Waals surface area contributed by atoms with Gasteiger partial charge in [0.1, 0.15) is 13.2 Å². The molecular weight excluding hydrogens is 673 g/mol. The Labute approximate surface area is 332 Å². The van der Waals surface area contributed by atoms with Crippen LogP contribution in [0.25, 0.3) is 0 Å². The lowest BCUT2D eigenvalue weighted by atomic mass is 10.1. The van der Waals surface area contributed by atoms with Crippen LogP contribution >= 0.6 is 0 Å². The lowest BCUT2D eigenvalue weighted by molar-refractivity contribution is -0.167. The van der Waals surface area contributed by atoms with E-state index in [0.29, 0.717) is 19.3 Å². The van der Waals surface area contributed by atoms with Crippen LogP contribution in [0.5, 0.6) is 0 Å². The number of allylic oxidation sites excluding steroid dienone is 12. The van der Waals surface area contributed by atoms with Crippen molar-refractivity contribution in [3.05, 3.63) is 72.9 Å². The Bertz CT molecular complexity index is 1050. The highest BCUT2D eigenvalue weighted by atomic mass is 16.6. The van der Waals surface area contributed by atoms with Crippen LogP contribution in [0.15, 0.2) is 72.9 Å². The predicted molar refractivity (Wildman–Crippen MR) is 228 cm³/mol. The summed E-state index contributed by atoms with van der Waals surface area (Å²) >= 11 is 0. The summed E-state index contributed by atoms with van der Waals surface area (Å²) in [6.45, 7) is 6.30. The number of ether oxygens (including phenoxy) is 3. The molecule has 1 unspecified atom stereocenters. The van der Waals surface area contributed by atoms with Crippen molar-refractivity contribution in [1.82, 2.24) is 0 Å². The second kappa shape index (κ2) is 42.6. The van der Waals surface area contributed by atoms with Crippen LogP contribution in [-0.2, 0) is 28.6 Å². The third kappa shape index (κ3) is 40.0. The first kappa shape index (κ1) is 50.9. The number of esters is 3. The van der Waals surface area contributed by atoms with Crippen molar-refractivity contribution in [2.24, 2.45) is 0 Å². The van der Waals surface area contributed by atoms with Gasteiger partial charge in [-0.3, -0.25) is 14.4 Å². The smallest absolute Gasteiger partial charge is 0.306 e. The quantitative estimate of drug-likeness (QED) is 0.0270. The van der Waals surface area contributed by atoms with Crippen LogP contribution in [0.4, 0.5) is 0 Å². The molecule has 0 bridgehead atoms. The molecule has 54 heavy (non-hydrogen) atoms. The van der Waals surface area contributed by atoms with E-state index < -0.39 is 6.10 Å². The van der Waals surface area contributed by atoms with E-state index in [-0.39, 0.29) is 37.5 Å². The Morgan fingerprint density at radius 1 is 0.389 bits per heavy atom. The molecule has 0 spiro atoms. The van der Waals surface area contributed by atoms with E-state index in [1.54, 1.807) is 0 Å². The Morgan fingerprint density at radius 2 is 0.741 bits per heavy atom. The second-order valence-electron chi connectivity index (χ2n) is 14.2. The molecule has 0 amide bonds. The van der Waals surface area contributed by atoms with Crippen molar-refractivity contribution < 1.29 is 28.6 Å². The normalized spacial score (nSPS) is 12.7. The van der Waals surface area contributed by atoms with E-state index in [1.807, 2.05) is 0 Å². The largest absolute Gasteiger partial charge is 0.462 e. The number of unbranched alkanes of at least 4 members (excludes halogenated alkanes) is 15. The second-order valence-corrected chi connectivity index (χ2v) is 14.2. The third-order valence-electron chi connectivity index (χ3n) is 8.96. The molecule has 0 aliphatic carbocycles. The maximum Gasteiger partial charge on any atom is 0.306 e. The molecule has 0 saturated heterocycles. The Morgan fingerprint density at radius 3 is 1.19 bits per heavy atom. The lowest BCUT2D eigenvalue weighted by Gasteiger charge is -2.18. The summed E-state index contributed by atoms with van der Waals surface area (Å²) in [6.07, 6.45) is 51.8. The Balaban J connectivity index is 4.42. The molecular formula is C48H80O6. The highest BCUT2D eigenvalue weighted by Crippen LogP contribution is 2.13. The van der Waals surface area contributed by atoms with Gasteiger partial charge < -0.3 is 14.2 Å². The van der Waals surface area contributed by atoms with E-state index in [2.05, 4.69) is 93.7 Å². The number of rotatable bonds is 38. The van der Waals surface area contributed by atoms with Crippen LogP contribution in [0.3, 0.4) is 0 Å². The molecule has 0 saturated carbocycles. The molecule has 0 aliphatic rings. The zero-order valence-corrected chi connectivity index (χ0v) is 35.0. The molecule has 0 aromatic carbocycles. The first-order valence-electron chi connectivity index (χ1n) is 21.9. The Kier molecular flexibility index (Phi) is 40.1. The van der Waals surface area contributed by atoms with Crippen LogP contribution < -0.4 is 0 Å². The summed E-state index contributed by atoms with van der Waals surface area (Å²) in [4.78, 5) is 37.6. The van der Waals surface area contributed by atoms with Gasteiger partial charge in [0.15, 0.2) is 6.10 Å². The van der Waals surface area contributed by atoms with Crippen molar-refractivity contribution in [2.75, 3.05) is 13.2 Å². The summed E-state index contributed by atoms with van der Waals surface area (Å²) in [5, 5.41) is 0. The molecule has 308 valence electrons. The van der Waals surface area contributed by atoms with Gasteiger partial charge in [0, 0.05) is 19.3 Å². The van der Waals surface area contributed by atoms with Crippen molar-refractivity contribution in [3.8, 4) is 0 Å². The van der Waals surface area contributed by atoms with Crippen LogP contribution in [0.1, 0.15) is 194 Å². The van der Waals surface area contributed by atoms with E-state index in [1.165, 1.54) is 57.8 Å². The van der Waals surface area contributed by atoms with E-state index in [4.69, 9.17) is 14.2 Å². The summed E-state index contributed by atoms with van der Waals surface area (Å²) in [6, 6.07) is 0. The highest BCUT2D eigenvalue weighted by molar-refractivity contribution is 5.71. The first-order valence-corrected chi connectivity index (χ1v) is 21.9. The standard InChI is InChI=1S/C48H80O6/c1-4-7-10-13-16-19-21-22-23-24-25-27-29-32-35-38-41-47(50)53-44-45(43-52-46(49)40-37-34-31-28-18-15-12-9-6-3)54-48(51)42-39-36-33-30-26-20-17-14-11-8-5-2/h7-8,10-11,16-17,19-20,22-23,30,33,45H,4-6,9,12-15,18,21,24-29,31-32,34-44H2,1-3H3/b10-7-,11-8-,19-16-,20-17-,23-22-,33-30-. The maximum absolute atomic E-state index is 12.6. The van der Waals surface area contributed by atoms with Crippen molar-refractivity contribution in [2.45, 2.75) is 200 Å². The van der Waals surface area contributed by atoms with Crippen molar-refractivity contribution in [3.63, 3.8) is 0 Å². The molecule has 0 N–H and O–H groups in total. The van der Waals surface area contributed by atoms with Gasteiger partial charge in [-0.05, 0) is 77.0 Å². The zero-order valence-electron chi connectivity index (χ0n) is 35.0. The molecule has 0 radical (unpaired) electrons. The fourth-order valence-electron chi connectivity index (χ4n) is 5.71. The number of carbonyl (C=O) groups is 3. The van der Waals surface area contributed by atoms with Gasteiger partial charge in [0.25, 0.3) is 0 Å². The summed E-state index contributed by atoms with van der Waals surface area (Å²) in [5.74, 6) is -0.979. The van der Waals surface area contributed by atoms with Gasteiger partial charge in [-0.15, -0.1) is 0 Å². The average molecular weight is 753 g/mol. The van der Waals surface area contributed by atoms with Crippen LogP contribution in [0.2, 0.25) is 0 Å². The predicted octanol–water partition coefficient (Wildman–Crippen LogP) is 13.9. The molecule has 0 aliphatic heterocycles. The summed E-state index contributed by atoms with van der Waals surface area (Å²) in [5.41, 5.74) is 0. The van der Waals surface area contributed by atoms with Gasteiger partial charge in [-0.25, -0.2) is 0 Å². The molecule has 0 heterocycles. The van der Waals surface area contributed by atoms with Crippen LogP contribution in [0, 0.1) is 0 Å². The lowest BCUT2D eigenvalue weighted by Crippen LogP contribution is -2.30. The Hall–Kier alpha value is -3.15. The molecule has 1 atom stereocenters. The molecule has 0 rings (SSSR count).